The van der Waals surface area contributed by atoms with Gasteiger partial charge in [-0.05, 0) is 37.5 Å². The first kappa shape index (κ1) is 14.4. The Kier molecular flexibility index (Phi) is 4.15. The second kappa shape index (κ2) is 6.06. The monoisotopic (exact) mass is 289 g/mol. The van der Waals surface area contributed by atoms with E-state index in [-0.39, 0.29) is 5.91 Å². The maximum atomic E-state index is 12.5. The van der Waals surface area contributed by atoms with Gasteiger partial charge in [0.2, 0.25) is 5.91 Å². The summed E-state index contributed by atoms with van der Waals surface area (Å²) in [6.45, 7) is 3.79. The highest BCUT2D eigenvalue weighted by Gasteiger charge is 2.38. The molecule has 2 aliphatic heterocycles. The van der Waals surface area contributed by atoms with E-state index in [1.54, 1.807) is 7.11 Å². The van der Waals surface area contributed by atoms with Crippen molar-refractivity contribution in [1.29, 1.82) is 0 Å². The van der Waals surface area contributed by atoms with E-state index in [4.69, 9.17) is 9.47 Å². The van der Waals surface area contributed by atoms with Crippen LogP contribution < -0.4 is 4.74 Å². The highest BCUT2D eigenvalue weighted by Crippen LogP contribution is 2.32. The molecular weight excluding hydrogens is 266 g/mol. The molecule has 2 heterocycles. The zero-order valence-electron chi connectivity index (χ0n) is 12.7. The molecule has 21 heavy (non-hydrogen) atoms. The Morgan fingerprint density at radius 3 is 3.14 bits per heavy atom. The Hall–Kier alpha value is -1.55. The molecule has 0 bridgehead atoms. The van der Waals surface area contributed by atoms with Gasteiger partial charge in [0.05, 0.1) is 25.7 Å². The van der Waals surface area contributed by atoms with Crippen molar-refractivity contribution in [3.8, 4) is 5.75 Å². The number of fused-ring (bicyclic) bond motifs is 1. The van der Waals surface area contributed by atoms with Gasteiger partial charge < -0.3 is 14.4 Å². The molecule has 2 fully saturated rings. The number of nitrogens with zero attached hydrogens (tertiary/aromatic N) is 1. The quantitative estimate of drug-likeness (QED) is 0.857. The van der Waals surface area contributed by atoms with Crippen LogP contribution in [0.5, 0.6) is 5.75 Å². The van der Waals surface area contributed by atoms with E-state index >= 15 is 0 Å². The number of hydrogen-bond donors (Lipinski definition) is 0. The van der Waals surface area contributed by atoms with E-state index in [0.29, 0.717) is 24.5 Å². The van der Waals surface area contributed by atoms with Crippen LogP contribution in [0, 0.1) is 5.92 Å². The van der Waals surface area contributed by atoms with Crippen LogP contribution in [0.4, 0.5) is 0 Å². The topological polar surface area (TPSA) is 38.8 Å². The van der Waals surface area contributed by atoms with Gasteiger partial charge in [-0.2, -0.15) is 0 Å². The fourth-order valence-electron chi connectivity index (χ4n) is 3.49. The molecule has 0 unspecified atom stereocenters. The molecule has 1 aromatic rings. The molecule has 0 spiro atoms. The lowest BCUT2D eigenvalue weighted by Gasteiger charge is -2.34. The first-order chi connectivity index (χ1) is 10.2. The summed E-state index contributed by atoms with van der Waals surface area (Å²) in [7, 11) is 1.65. The van der Waals surface area contributed by atoms with Crippen molar-refractivity contribution in [2.45, 2.75) is 38.4 Å². The van der Waals surface area contributed by atoms with Crippen molar-refractivity contribution in [2.75, 3.05) is 20.2 Å². The van der Waals surface area contributed by atoms with Gasteiger partial charge in [-0.3, -0.25) is 4.79 Å². The smallest absolute Gasteiger partial charge is 0.227 e. The minimum Gasteiger partial charge on any atom is -0.497 e. The molecule has 1 aromatic carbocycles. The fraction of sp³-hybridized carbons (Fsp3) is 0.588. The molecular formula is C17H23NO3. The molecule has 2 saturated heterocycles. The maximum absolute atomic E-state index is 12.5. The number of hydrogen-bond acceptors (Lipinski definition) is 3. The van der Waals surface area contributed by atoms with Crippen LogP contribution in [0.3, 0.4) is 0 Å². The number of rotatable bonds is 3. The second-order valence-electron chi connectivity index (χ2n) is 6.14. The van der Waals surface area contributed by atoms with Gasteiger partial charge in [0.15, 0.2) is 0 Å². The van der Waals surface area contributed by atoms with Gasteiger partial charge in [0.1, 0.15) is 5.75 Å². The summed E-state index contributed by atoms with van der Waals surface area (Å²) in [5, 5.41) is 0. The first-order valence-corrected chi connectivity index (χ1v) is 7.72. The first-order valence-electron chi connectivity index (χ1n) is 7.72. The predicted molar refractivity (Wildman–Crippen MR) is 80.3 cm³/mol. The zero-order chi connectivity index (χ0) is 14.8. The van der Waals surface area contributed by atoms with Gasteiger partial charge in [0.25, 0.3) is 0 Å². The Balaban J connectivity index is 1.60. The van der Waals surface area contributed by atoms with Crippen LogP contribution in [0.2, 0.25) is 0 Å². The predicted octanol–water partition coefficient (Wildman–Crippen LogP) is 2.26. The number of benzene rings is 1. The number of carbonyl (C=O) groups excluding carboxylic acids is 1. The van der Waals surface area contributed by atoms with Crippen molar-refractivity contribution in [2.24, 2.45) is 5.92 Å². The SMILES string of the molecule is COc1cccc(CC(=O)N2CC[C@H]3O[C@@H](C)C[C@H]3C2)c1. The number of methoxy groups -OCH3 is 1. The molecule has 114 valence electrons. The van der Waals surface area contributed by atoms with Gasteiger partial charge in [-0.25, -0.2) is 0 Å². The fourth-order valence-corrected chi connectivity index (χ4v) is 3.49. The van der Waals surface area contributed by atoms with Gasteiger partial charge in [-0.15, -0.1) is 0 Å². The van der Waals surface area contributed by atoms with E-state index in [9.17, 15) is 4.79 Å². The number of likely N-dealkylation sites (tertiary alicyclic amines) is 1. The van der Waals surface area contributed by atoms with E-state index in [1.165, 1.54) is 0 Å². The van der Waals surface area contributed by atoms with Crippen LogP contribution in [-0.2, 0) is 16.0 Å². The van der Waals surface area contributed by atoms with Crippen molar-refractivity contribution < 1.29 is 14.3 Å². The molecule has 4 nitrogen and oxygen atoms in total. The van der Waals surface area contributed by atoms with Crippen LogP contribution in [0.25, 0.3) is 0 Å². The lowest BCUT2D eigenvalue weighted by molar-refractivity contribution is -0.133. The molecule has 0 radical (unpaired) electrons. The molecule has 0 saturated carbocycles. The number of ether oxygens (including phenoxy) is 2. The van der Waals surface area contributed by atoms with E-state index in [1.807, 2.05) is 29.2 Å². The summed E-state index contributed by atoms with van der Waals surface area (Å²) in [4.78, 5) is 14.5. The third-order valence-corrected chi connectivity index (χ3v) is 4.55. The van der Waals surface area contributed by atoms with Gasteiger partial charge in [0, 0.05) is 19.0 Å². The molecule has 2 aliphatic rings. The Morgan fingerprint density at radius 2 is 2.33 bits per heavy atom. The standard InChI is InChI=1S/C17H23NO3/c1-12-8-14-11-18(7-6-16(14)21-12)17(19)10-13-4-3-5-15(9-13)20-2/h3-5,9,12,14,16H,6-8,10-11H2,1-2H3/t12-,14-,16+/m0/s1. The lowest BCUT2D eigenvalue weighted by atomic mass is 9.92. The van der Waals surface area contributed by atoms with Crippen LogP contribution >= 0.6 is 0 Å². The Bertz CT molecular complexity index is 517. The number of amides is 1. The van der Waals surface area contributed by atoms with Crippen molar-refractivity contribution in [3.05, 3.63) is 29.8 Å². The normalized spacial score (nSPS) is 28.3. The van der Waals surface area contributed by atoms with Crippen LogP contribution in [0.15, 0.2) is 24.3 Å². The summed E-state index contributed by atoms with van der Waals surface area (Å²) in [5.41, 5.74) is 1.01. The lowest BCUT2D eigenvalue weighted by Crippen LogP contribution is -2.45. The Labute approximate surface area is 126 Å². The number of piperidine rings is 1. The van der Waals surface area contributed by atoms with Gasteiger partial charge in [-0.1, -0.05) is 12.1 Å². The van der Waals surface area contributed by atoms with Crippen LogP contribution in [0.1, 0.15) is 25.3 Å². The summed E-state index contributed by atoms with van der Waals surface area (Å²) in [5.74, 6) is 1.53. The molecule has 1 amide bonds. The van der Waals surface area contributed by atoms with E-state index in [0.717, 1.165) is 37.2 Å². The zero-order valence-corrected chi connectivity index (χ0v) is 12.7. The summed E-state index contributed by atoms with van der Waals surface area (Å²) >= 11 is 0. The van der Waals surface area contributed by atoms with Gasteiger partial charge >= 0.3 is 0 Å². The summed E-state index contributed by atoms with van der Waals surface area (Å²) < 4.78 is 11.1. The highest BCUT2D eigenvalue weighted by atomic mass is 16.5. The van der Waals surface area contributed by atoms with Crippen LogP contribution in [-0.4, -0.2) is 43.2 Å². The molecule has 0 N–H and O–H groups in total. The van der Waals surface area contributed by atoms with Crippen molar-refractivity contribution in [1.82, 2.24) is 4.90 Å². The van der Waals surface area contributed by atoms with E-state index in [2.05, 4.69) is 6.92 Å². The average Bonchev–Trinajstić information content (AvgIpc) is 2.86. The Morgan fingerprint density at radius 1 is 1.48 bits per heavy atom. The third-order valence-electron chi connectivity index (χ3n) is 4.55. The third kappa shape index (κ3) is 3.21. The molecule has 0 aliphatic carbocycles. The maximum Gasteiger partial charge on any atom is 0.227 e. The summed E-state index contributed by atoms with van der Waals surface area (Å²) in [6.07, 6.45) is 3.20. The largest absolute Gasteiger partial charge is 0.497 e. The van der Waals surface area contributed by atoms with Crippen molar-refractivity contribution in [3.63, 3.8) is 0 Å². The molecule has 0 aromatic heterocycles. The molecule has 3 atom stereocenters. The minimum atomic E-state index is 0.209. The minimum absolute atomic E-state index is 0.209. The second-order valence-corrected chi connectivity index (χ2v) is 6.14. The van der Waals surface area contributed by atoms with E-state index < -0.39 is 0 Å². The average molecular weight is 289 g/mol. The molecule has 4 heteroatoms. The number of carbonyl (C=O) groups is 1. The van der Waals surface area contributed by atoms with Crippen molar-refractivity contribution >= 4 is 5.91 Å². The highest BCUT2D eigenvalue weighted by molar-refractivity contribution is 5.79. The summed E-state index contributed by atoms with van der Waals surface area (Å²) in [6, 6.07) is 7.75. The molecule has 3 rings (SSSR count).